The molecule has 0 bridgehead atoms. The zero-order valence-electron chi connectivity index (χ0n) is 11.9. The summed E-state index contributed by atoms with van der Waals surface area (Å²) in [7, 11) is 4.23. The second-order valence-corrected chi connectivity index (χ2v) is 5.73. The highest BCUT2D eigenvalue weighted by atomic mass is 15.2. The first kappa shape index (κ1) is 13.4. The zero-order valence-corrected chi connectivity index (χ0v) is 11.9. The topological polar surface area (TPSA) is 33.1 Å². The Balaban J connectivity index is 1.90. The molecule has 1 saturated carbocycles. The molecule has 0 saturated heterocycles. The van der Waals surface area contributed by atoms with Crippen LogP contribution >= 0.6 is 0 Å². The molecule has 1 aliphatic carbocycles. The van der Waals surface area contributed by atoms with Crippen molar-refractivity contribution in [3.05, 3.63) is 12.4 Å². The standard InChI is InChI=1S/C14H26N4/c1-12(8-10-17(2)3)16-14-15-9-11-18(14)13-6-4-5-7-13/h9,11-13H,4-8,10H2,1-3H3,(H,15,16). The van der Waals surface area contributed by atoms with Gasteiger partial charge >= 0.3 is 0 Å². The number of hydrogen-bond donors (Lipinski definition) is 1. The Hall–Kier alpha value is -1.03. The molecule has 1 heterocycles. The third-order valence-electron chi connectivity index (χ3n) is 3.77. The quantitative estimate of drug-likeness (QED) is 0.842. The van der Waals surface area contributed by atoms with Gasteiger partial charge in [-0.15, -0.1) is 0 Å². The SMILES string of the molecule is CC(CCN(C)C)Nc1nccn1C1CCCC1. The third-order valence-corrected chi connectivity index (χ3v) is 3.77. The highest BCUT2D eigenvalue weighted by Crippen LogP contribution is 2.31. The largest absolute Gasteiger partial charge is 0.353 e. The van der Waals surface area contributed by atoms with E-state index >= 15 is 0 Å². The Bertz CT molecular complexity index is 352. The maximum absolute atomic E-state index is 4.47. The highest BCUT2D eigenvalue weighted by molar-refractivity contribution is 5.28. The fourth-order valence-corrected chi connectivity index (χ4v) is 2.65. The first-order valence-corrected chi connectivity index (χ1v) is 7.11. The van der Waals surface area contributed by atoms with Crippen LogP contribution in [0.15, 0.2) is 12.4 Å². The molecule has 18 heavy (non-hydrogen) atoms. The van der Waals surface area contributed by atoms with Crippen LogP contribution in [0.3, 0.4) is 0 Å². The first-order valence-electron chi connectivity index (χ1n) is 7.11. The van der Waals surface area contributed by atoms with E-state index in [4.69, 9.17) is 0 Å². The van der Waals surface area contributed by atoms with Crippen LogP contribution in [0.5, 0.6) is 0 Å². The van der Waals surface area contributed by atoms with Gasteiger partial charge in [0.1, 0.15) is 0 Å². The number of rotatable bonds is 6. The summed E-state index contributed by atoms with van der Waals surface area (Å²) < 4.78 is 2.33. The summed E-state index contributed by atoms with van der Waals surface area (Å²) >= 11 is 0. The predicted molar refractivity (Wildman–Crippen MR) is 76.0 cm³/mol. The van der Waals surface area contributed by atoms with Crippen molar-refractivity contribution < 1.29 is 0 Å². The van der Waals surface area contributed by atoms with Crippen molar-refractivity contribution in [2.24, 2.45) is 0 Å². The fourth-order valence-electron chi connectivity index (χ4n) is 2.65. The molecule has 0 radical (unpaired) electrons. The summed E-state index contributed by atoms with van der Waals surface area (Å²) in [6.07, 6.45) is 10.5. The lowest BCUT2D eigenvalue weighted by Gasteiger charge is -2.20. The number of nitrogens with one attached hydrogen (secondary N) is 1. The van der Waals surface area contributed by atoms with Crippen LogP contribution in [-0.2, 0) is 0 Å². The molecule has 0 aliphatic heterocycles. The van der Waals surface area contributed by atoms with Crippen LogP contribution in [0.4, 0.5) is 5.95 Å². The second kappa shape index (κ2) is 6.23. The molecule has 102 valence electrons. The van der Waals surface area contributed by atoms with E-state index < -0.39 is 0 Å². The Kier molecular flexibility index (Phi) is 4.64. The van der Waals surface area contributed by atoms with Gasteiger partial charge in [0.05, 0.1) is 0 Å². The van der Waals surface area contributed by atoms with Crippen LogP contribution in [0.25, 0.3) is 0 Å². The molecule has 1 N–H and O–H groups in total. The van der Waals surface area contributed by atoms with E-state index in [0.717, 1.165) is 18.9 Å². The van der Waals surface area contributed by atoms with E-state index in [1.54, 1.807) is 0 Å². The lowest BCUT2D eigenvalue weighted by Crippen LogP contribution is -2.24. The van der Waals surface area contributed by atoms with Gasteiger partial charge in [0, 0.05) is 24.5 Å². The van der Waals surface area contributed by atoms with Gasteiger partial charge in [0.15, 0.2) is 0 Å². The Morgan fingerprint density at radius 1 is 1.44 bits per heavy atom. The maximum Gasteiger partial charge on any atom is 0.203 e. The Morgan fingerprint density at radius 2 is 2.17 bits per heavy atom. The predicted octanol–water partition coefficient (Wildman–Crippen LogP) is 2.75. The Labute approximate surface area is 110 Å². The minimum Gasteiger partial charge on any atom is -0.353 e. The van der Waals surface area contributed by atoms with Crippen molar-refractivity contribution in [2.75, 3.05) is 26.0 Å². The molecule has 1 fully saturated rings. The lowest BCUT2D eigenvalue weighted by molar-refractivity contribution is 0.389. The van der Waals surface area contributed by atoms with Crippen LogP contribution in [0.2, 0.25) is 0 Å². The molecule has 1 aliphatic rings. The molecule has 1 aromatic rings. The van der Waals surface area contributed by atoms with Gasteiger partial charge in [-0.05, 0) is 46.8 Å². The molecule has 0 aromatic carbocycles. The zero-order chi connectivity index (χ0) is 13.0. The van der Waals surface area contributed by atoms with E-state index in [0.29, 0.717) is 12.1 Å². The van der Waals surface area contributed by atoms with E-state index in [2.05, 4.69) is 47.0 Å². The van der Waals surface area contributed by atoms with Crippen molar-refractivity contribution in [1.29, 1.82) is 0 Å². The molecule has 1 atom stereocenters. The normalized spacial score (nSPS) is 18.4. The van der Waals surface area contributed by atoms with Gasteiger partial charge in [-0.3, -0.25) is 0 Å². The van der Waals surface area contributed by atoms with Crippen molar-refractivity contribution in [3.63, 3.8) is 0 Å². The molecule has 2 rings (SSSR count). The van der Waals surface area contributed by atoms with E-state index in [-0.39, 0.29) is 0 Å². The summed E-state index contributed by atoms with van der Waals surface area (Å²) in [6, 6.07) is 1.13. The smallest absolute Gasteiger partial charge is 0.203 e. The van der Waals surface area contributed by atoms with Crippen molar-refractivity contribution in [3.8, 4) is 0 Å². The van der Waals surface area contributed by atoms with Crippen LogP contribution in [0.1, 0.15) is 45.1 Å². The summed E-state index contributed by atoms with van der Waals surface area (Å²) in [5.41, 5.74) is 0. The van der Waals surface area contributed by atoms with Gasteiger partial charge in [-0.2, -0.15) is 0 Å². The van der Waals surface area contributed by atoms with Gasteiger partial charge < -0.3 is 14.8 Å². The summed E-state index contributed by atoms with van der Waals surface area (Å²) in [5.74, 6) is 1.05. The van der Waals surface area contributed by atoms with E-state index in [9.17, 15) is 0 Å². The number of imidazole rings is 1. The molecule has 0 spiro atoms. The number of anilines is 1. The summed E-state index contributed by atoms with van der Waals surface area (Å²) in [6.45, 7) is 3.34. The van der Waals surface area contributed by atoms with Crippen LogP contribution in [-0.4, -0.2) is 41.1 Å². The number of nitrogens with zero attached hydrogens (tertiary/aromatic N) is 3. The molecule has 4 heteroatoms. The summed E-state index contributed by atoms with van der Waals surface area (Å²) in [4.78, 5) is 6.69. The van der Waals surface area contributed by atoms with Gasteiger partial charge in [0.25, 0.3) is 0 Å². The monoisotopic (exact) mass is 250 g/mol. The number of aromatic nitrogens is 2. The van der Waals surface area contributed by atoms with Crippen molar-refractivity contribution in [2.45, 2.75) is 51.1 Å². The van der Waals surface area contributed by atoms with E-state index in [1.165, 1.54) is 25.7 Å². The van der Waals surface area contributed by atoms with Crippen molar-refractivity contribution in [1.82, 2.24) is 14.5 Å². The lowest BCUT2D eigenvalue weighted by atomic mass is 10.2. The minimum absolute atomic E-state index is 0.468. The molecular weight excluding hydrogens is 224 g/mol. The van der Waals surface area contributed by atoms with Gasteiger partial charge in [-0.25, -0.2) is 4.98 Å². The second-order valence-electron chi connectivity index (χ2n) is 5.73. The first-order chi connectivity index (χ1) is 8.66. The maximum atomic E-state index is 4.47. The third kappa shape index (κ3) is 3.48. The highest BCUT2D eigenvalue weighted by Gasteiger charge is 2.19. The molecular formula is C14H26N4. The Morgan fingerprint density at radius 3 is 2.83 bits per heavy atom. The molecule has 0 amide bonds. The fraction of sp³-hybridized carbons (Fsp3) is 0.786. The van der Waals surface area contributed by atoms with E-state index in [1.807, 2.05) is 6.20 Å². The average Bonchev–Trinajstić information content (AvgIpc) is 2.95. The van der Waals surface area contributed by atoms with Crippen LogP contribution in [0, 0.1) is 0 Å². The average molecular weight is 250 g/mol. The molecule has 1 unspecified atom stereocenters. The van der Waals surface area contributed by atoms with Crippen LogP contribution < -0.4 is 5.32 Å². The minimum atomic E-state index is 0.468. The number of hydrogen-bond acceptors (Lipinski definition) is 3. The van der Waals surface area contributed by atoms with Gasteiger partial charge in [-0.1, -0.05) is 12.8 Å². The van der Waals surface area contributed by atoms with Crippen molar-refractivity contribution >= 4 is 5.95 Å². The molecule has 4 nitrogen and oxygen atoms in total. The van der Waals surface area contributed by atoms with Gasteiger partial charge in [0.2, 0.25) is 5.95 Å². The molecule has 1 aromatic heterocycles. The summed E-state index contributed by atoms with van der Waals surface area (Å²) in [5, 5.41) is 3.55.